The topological polar surface area (TPSA) is 83.6 Å². The highest BCUT2D eigenvalue weighted by Crippen LogP contribution is 2.60. The first-order chi connectivity index (χ1) is 14.0. The number of carbonyl (C=O) groups is 2. The van der Waals surface area contributed by atoms with Crippen molar-refractivity contribution in [3.05, 3.63) is 54.3 Å². The molecule has 158 valence electrons. The Hall–Kier alpha value is -2.74. The van der Waals surface area contributed by atoms with Crippen molar-refractivity contribution in [3.8, 4) is 0 Å². The van der Waals surface area contributed by atoms with Gasteiger partial charge in [0.05, 0.1) is 21.7 Å². The highest BCUT2D eigenvalue weighted by Gasteiger charge is 2.64. The third kappa shape index (κ3) is 2.85. The third-order valence-corrected chi connectivity index (χ3v) is 8.32. The van der Waals surface area contributed by atoms with Crippen molar-refractivity contribution < 1.29 is 22.4 Å². The summed E-state index contributed by atoms with van der Waals surface area (Å²) in [6, 6.07) is 11.0. The molecule has 0 aromatic heterocycles. The molecule has 0 radical (unpaired) electrons. The van der Waals surface area contributed by atoms with E-state index in [1.165, 1.54) is 47.4 Å². The van der Waals surface area contributed by atoms with E-state index in [4.69, 9.17) is 0 Å². The Balaban J connectivity index is 1.64. The molecule has 1 saturated heterocycles. The maximum atomic E-state index is 13.8. The van der Waals surface area contributed by atoms with Crippen LogP contribution in [0.5, 0.6) is 0 Å². The Morgan fingerprint density at radius 1 is 1.03 bits per heavy atom. The van der Waals surface area contributed by atoms with Crippen LogP contribution in [-0.4, -0.2) is 20.2 Å². The van der Waals surface area contributed by atoms with Gasteiger partial charge >= 0.3 is 0 Å². The fraction of sp³-hybridized carbons (Fsp3) is 0.364. The first kappa shape index (κ1) is 20.5. The monoisotopic (exact) mass is 430 g/mol. The lowest BCUT2D eigenvalue weighted by Crippen LogP contribution is -2.59. The van der Waals surface area contributed by atoms with Gasteiger partial charge in [-0.25, -0.2) is 17.7 Å². The summed E-state index contributed by atoms with van der Waals surface area (Å²) in [6.45, 7) is 5.82. The van der Waals surface area contributed by atoms with E-state index in [2.05, 4.69) is 4.72 Å². The van der Waals surface area contributed by atoms with Crippen molar-refractivity contribution in [2.24, 2.45) is 16.7 Å². The van der Waals surface area contributed by atoms with Gasteiger partial charge < -0.3 is 0 Å². The number of nitrogens with zero attached hydrogens (tertiary/aromatic N) is 1. The maximum absolute atomic E-state index is 13.8. The van der Waals surface area contributed by atoms with E-state index in [0.717, 1.165) is 6.07 Å². The normalized spacial score (nSPS) is 25.5. The van der Waals surface area contributed by atoms with Crippen LogP contribution in [0.25, 0.3) is 0 Å². The Morgan fingerprint density at radius 3 is 2.30 bits per heavy atom. The van der Waals surface area contributed by atoms with Crippen molar-refractivity contribution in [1.82, 2.24) is 0 Å². The molecule has 2 aliphatic rings. The zero-order valence-corrected chi connectivity index (χ0v) is 17.8. The molecule has 2 atom stereocenters. The number of piperidine rings is 1. The van der Waals surface area contributed by atoms with Crippen LogP contribution in [0.4, 0.5) is 15.8 Å². The number of halogens is 1. The second-order valence-electron chi connectivity index (χ2n) is 8.70. The fourth-order valence-electron chi connectivity index (χ4n) is 4.58. The van der Waals surface area contributed by atoms with Crippen LogP contribution in [0.3, 0.4) is 0 Å². The number of para-hydroxylation sites is 1. The van der Waals surface area contributed by atoms with Gasteiger partial charge in [-0.1, -0.05) is 32.9 Å². The molecule has 2 aromatic carbocycles. The van der Waals surface area contributed by atoms with Gasteiger partial charge in [0.1, 0.15) is 5.82 Å². The van der Waals surface area contributed by atoms with E-state index in [-0.39, 0.29) is 28.3 Å². The number of amides is 2. The van der Waals surface area contributed by atoms with Crippen LogP contribution in [0.15, 0.2) is 53.4 Å². The number of hydrogen-bond acceptors (Lipinski definition) is 4. The van der Waals surface area contributed by atoms with Gasteiger partial charge in [0.2, 0.25) is 11.8 Å². The van der Waals surface area contributed by atoms with Crippen LogP contribution < -0.4 is 9.62 Å². The molecule has 6 nitrogen and oxygen atoms in total. The average Bonchev–Trinajstić information content (AvgIpc) is 2.87. The minimum absolute atomic E-state index is 0.0964. The van der Waals surface area contributed by atoms with Gasteiger partial charge in [-0.15, -0.1) is 0 Å². The Morgan fingerprint density at radius 2 is 1.67 bits per heavy atom. The first-order valence-corrected chi connectivity index (χ1v) is 11.2. The number of rotatable bonds is 4. The molecule has 1 heterocycles. The van der Waals surface area contributed by atoms with Crippen molar-refractivity contribution in [3.63, 3.8) is 0 Å². The molecule has 1 saturated carbocycles. The molecular weight excluding hydrogens is 407 g/mol. The molecule has 1 N–H and O–H groups in total. The molecule has 8 heteroatoms. The number of fused-ring (bicyclic) bond motifs is 2. The zero-order valence-electron chi connectivity index (χ0n) is 17.0. The molecule has 30 heavy (non-hydrogen) atoms. The molecule has 1 aliphatic heterocycles. The smallest absolute Gasteiger partial charge is 0.261 e. The van der Waals surface area contributed by atoms with E-state index in [9.17, 15) is 22.4 Å². The summed E-state index contributed by atoms with van der Waals surface area (Å²) >= 11 is 0. The predicted molar refractivity (Wildman–Crippen MR) is 111 cm³/mol. The Bertz CT molecular complexity index is 1140. The number of carbonyl (C=O) groups excluding carboxylic acids is 2. The number of hydrogen-bond donors (Lipinski definition) is 1. The second kappa shape index (κ2) is 6.63. The highest BCUT2D eigenvalue weighted by atomic mass is 32.2. The van der Waals surface area contributed by atoms with E-state index in [0.29, 0.717) is 18.5 Å². The van der Waals surface area contributed by atoms with Gasteiger partial charge in [-0.2, -0.15) is 0 Å². The van der Waals surface area contributed by atoms with E-state index < -0.39 is 26.7 Å². The fourth-order valence-corrected chi connectivity index (χ4v) is 5.65. The molecule has 4 rings (SSSR count). The molecule has 2 fully saturated rings. The highest BCUT2D eigenvalue weighted by molar-refractivity contribution is 7.92. The molecule has 2 bridgehead atoms. The lowest BCUT2D eigenvalue weighted by molar-refractivity contribution is -0.146. The Labute approximate surface area is 175 Å². The number of nitrogens with one attached hydrogen (secondary N) is 1. The SMILES string of the molecule is CC1(C)[C@H]2CC[C@]1(C)C(=O)N(c1ccc(S(=O)(=O)Nc3ccccc3F)cc1)C2=O. The second-order valence-corrected chi connectivity index (χ2v) is 10.4. The van der Waals surface area contributed by atoms with Gasteiger partial charge in [-0.05, 0) is 54.7 Å². The molecule has 2 aromatic rings. The van der Waals surface area contributed by atoms with Crippen LogP contribution >= 0.6 is 0 Å². The quantitative estimate of drug-likeness (QED) is 0.745. The Kier molecular flexibility index (Phi) is 4.54. The van der Waals surface area contributed by atoms with E-state index >= 15 is 0 Å². The summed E-state index contributed by atoms with van der Waals surface area (Å²) in [5.74, 6) is -1.45. The van der Waals surface area contributed by atoms with Gasteiger partial charge in [0, 0.05) is 5.92 Å². The summed E-state index contributed by atoms with van der Waals surface area (Å²) in [5, 5.41) is 0. The van der Waals surface area contributed by atoms with Gasteiger partial charge in [-0.3, -0.25) is 14.3 Å². The number of imide groups is 1. The standard InChI is InChI=1S/C22H23FN2O4S/c1-21(2)16-12-13-22(21,3)20(27)25(19(16)26)14-8-10-15(11-9-14)30(28,29)24-18-7-5-4-6-17(18)23/h4-11,16,24H,12-13H2,1-3H3/t16-,22+/m0/s1. The van der Waals surface area contributed by atoms with Crippen LogP contribution in [0.2, 0.25) is 0 Å². The van der Waals surface area contributed by atoms with Crippen LogP contribution in [0.1, 0.15) is 33.6 Å². The van der Waals surface area contributed by atoms with E-state index in [1.54, 1.807) is 0 Å². The largest absolute Gasteiger partial charge is 0.277 e. The van der Waals surface area contributed by atoms with Crippen molar-refractivity contribution in [1.29, 1.82) is 0 Å². The summed E-state index contributed by atoms with van der Waals surface area (Å²) in [5.41, 5.74) is -0.897. The molecule has 0 spiro atoms. The lowest BCUT2D eigenvalue weighted by atomic mass is 9.62. The maximum Gasteiger partial charge on any atom is 0.261 e. The van der Waals surface area contributed by atoms with Gasteiger partial charge in [0.15, 0.2) is 0 Å². The van der Waals surface area contributed by atoms with Crippen molar-refractivity contribution in [2.45, 2.75) is 38.5 Å². The van der Waals surface area contributed by atoms with Gasteiger partial charge in [0.25, 0.3) is 10.0 Å². The van der Waals surface area contributed by atoms with Crippen LogP contribution in [-0.2, 0) is 19.6 Å². The molecule has 0 unspecified atom stereocenters. The number of benzene rings is 2. The van der Waals surface area contributed by atoms with Crippen LogP contribution in [0, 0.1) is 22.6 Å². The summed E-state index contributed by atoms with van der Waals surface area (Å²) in [7, 11) is -4.03. The molecule has 2 amide bonds. The number of sulfonamides is 1. The lowest BCUT2D eigenvalue weighted by Gasteiger charge is -2.47. The summed E-state index contributed by atoms with van der Waals surface area (Å²) < 4.78 is 41.2. The minimum Gasteiger partial charge on any atom is -0.277 e. The number of anilines is 2. The predicted octanol–water partition coefficient (Wildman–Crippen LogP) is 3.94. The summed E-state index contributed by atoms with van der Waals surface area (Å²) in [4.78, 5) is 27.4. The molecular formula is C22H23FN2O4S. The zero-order chi connectivity index (χ0) is 21.9. The van der Waals surface area contributed by atoms with Crippen molar-refractivity contribution in [2.75, 3.05) is 9.62 Å². The van der Waals surface area contributed by atoms with E-state index in [1.807, 2.05) is 20.8 Å². The first-order valence-electron chi connectivity index (χ1n) is 9.75. The summed E-state index contributed by atoms with van der Waals surface area (Å²) in [6.07, 6.45) is 1.30. The average molecular weight is 431 g/mol. The van der Waals surface area contributed by atoms with Crippen molar-refractivity contribution >= 4 is 33.2 Å². The minimum atomic E-state index is -4.03. The third-order valence-electron chi connectivity index (χ3n) is 6.94. The molecule has 1 aliphatic carbocycles.